The Bertz CT molecular complexity index is 736. The summed E-state index contributed by atoms with van der Waals surface area (Å²) in [4.78, 5) is 20.9. The van der Waals surface area contributed by atoms with Crippen molar-refractivity contribution in [3.63, 3.8) is 0 Å². The molecule has 134 valence electrons. The minimum Gasteiger partial charge on any atom is -0.377 e. The van der Waals surface area contributed by atoms with E-state index in [1.54, 1.807) is 19.4 Å². The maximum Gasteiger partial charge on any atom is 0.288 e. The predicted octanol–water partition coefficient (Wildman–Crippen LogP) is 2.06. The van der Waals surface area contributed by atoms with Gasteiger partial charge in [0.25, 0.3) is 5.91 Å². The van der Waals surface area contributed by atoms with Crippen molar-refractivity contribution in [2.45, 2.75) is 33.3 Å². The van der Waals surface area contributed by atoms with Gasteiger partial charge in [0.2, 0.25) is 5.82 Å². The van der Waals surface area contributed by atoms with E-state index in [-0.39, 0.29) is 17.4 Å². The molecule has 2 atom stereocenters. The second-order valence-corrected chi connectivity index (χ2v) is 7.53. The molecule has 7 heteroatoms. The topological polar surface area (TPSA) is 81.9 Å². The number of amides is 1. The predicted molar refractivity (Wildman–Crippen MR) is 93.9 cm³/mol. The highest BCUT2D eigenvalue weighted by atomic mass is 16.5. The Kier molecular flexibility index (Phi) is 4.85. The summed E-state index contributed by atoms with van der Waals surface area (Å²) >= 11 is 0. The number of nitrogens with one attached hydrogen (secondary N) is 1. The highest BCUT2D eigenvalue weighted by Crippen LogP contribution is 2.34. The van der Waals surface area contributed by atoms with Crippen LogP contribution in [0.3, 0.4) is 0 Å². The molecule has 1 saturated heterocycles. The number of aromatic nitrogens is 4. The normalized spacial score (nSPS) is 20.6. The van der Waals surface area contributed by atoms with Gasteiger partial charge < -0.3 is 10.1 Å². The fourth-order valence-electron chi connectivity index (χ4n) is 3.31. The summed E-state index contributed by atoms with van der Waals surface area (Å²) in [5, 5.41) is 7.32. The highest BCUT2D eigenvalue weighted by Gasteiger charge is 2.37. The first kappa shape index (κ1) is 17.5. The van der Waals surface area contributed by atoms with E-state index in [4.69, 9.17) is 4.74 Å². The Labute approximate surface area is 147 Å². The summed E-state index contributed by atoms with van der Waals surface area (Å²) < 4.78 is 7.37. The van der Waals surface area contributed by atoms with Crippen molar-refractivity contribution in [1.82, 2.24) is 25.1 Å². The molecule has 1 fully saturated rings. The van der Waals surface area contributed by atoms with E-state index >= 15 is 0 Å². The van der Waals surface area contributed by atoms with Crippen LogP contribution in [-0.2, 0) is 11.8 Å². The van der Waals surface area contributed by atoms with Gasteiger partial charge in [-0.25, -0.2) is 9.67 Å². The zero-order valence-electron chi connectivity index (χ0n) is 15.2. The molecule has 0 radical (unpaired) electrons. The van der Waals surface area contributed by atoms with Crippen LogP contribution in [0.1, 0.15) is 37.8 Å². The monoisotopic (exact) mass is 343 g/mol. The number of pyridine rings is 1. The van der Waals surface area contributed by atoms with Crippen molar-refractivity contribution in [2.24, 2.45) is 18.4 Å². The van der Waals surface area contributed by atoms with Crippen LogP contribution >= 0.6 is 0 Å². The Morgan fingerprint density at radius 3 is 2.76 bits per heavy atom. The van der Waals surface area contributed by atoms with Crippen LogP contribution in [-0.4, -0.2) is 44.9 Å². The number of aryl methyl sites for hydroxylation is 1. The maximum atomic E-state index is 12.5. The Hall–Kier alpha value is -2.28. The number of hydrogen-bond acceptors (Lipinski definition) is 5. The van der Waals surface area contributed by atoms with Gasteiger partial charge in [-0.2, -0.15) is 5.10 Å². The van der Waals surface area contributed by atoms with Gasteiger partial charge in [0.05, 0.1) is 6.10 Å². The number of carbonyl (C=O) groups excluding carboxylic acids is 1. The van der Waals surface area contributed by atoms with Crippen LogP contribution < -0.4 is 5.32 Å². The average Bonchev–Trinajstić information content (AvgIpc) is 3.19. The van der Waals surface area contributed by atoms with Crippen molar-refractivity contribution in [3.8, 4) is 11.4 Å². The highest BCUT2D eigenvalue weighted by molar-refractivity contribution is 5.91. The zero-order chi connectivity index (χ0) is 18.0. The van der Waals surface area contributed by atoms with Crippen LogP contribution in [0.4, 0.5) is 0 Å². The van der Waals surface area contributed by atoms with Gasteiger partial charge in [0.15, 0.2) is 5.82 Å². The largest absolute Gasteiger partial charge is 0.377 e. The van der Waals surface area contributed by atoms with E-state index in [2.05, 4.69) is 41.2 Å². The number of ether oxygens (including phenoxy) is 1. The van der Waals surface area contributed by atoms with Crippen LogP contribution in [0.15, 0.2) is 24.5 Å². The van der Waals surface area contributed by atoms with Gasteiger partial charge in [-0.15, -0.1) is 0 Å². The van der Waals surface area contributed by atoms with Gasteiger partial charge in [0, 0.05) is 44.1 Å². The summed E-state index contributed by atoms with van der Waals surface area (Å²) in [7, 11) is 1.73. The van der Waals surface area contributed by atoms with Crippen LogP contribution in [0.2, 0.25) is 0 Å². The van der Waals surface area contributed by atoms with E-state index in [1.807, 2.05) is 12.1 Å². The molecule has 7 nitrogen and oxygen atoms in total. The fraction of sp³-hybridized carbons (Fsp3) is 0.556. The standard InChI is InChI=1S/C18H25N5O2/c1-18(2,3)14-13(7-10-25-14)11-20-17(24)16-21-15(22-23(16)4)12-5-8-19-9-6-12/h5-6,8-9,13-14H,7,10-11H2,1-4H3,(H,20,24)/t13-,14+/m1/s1. The van der Waals surface area contributed by atoms with Gasteiger partial charge in [0.1, 0.15) is 0 Å². The molecular formula is C18H25N5O2. The van der Waals surface area contributed by atoms with Crippen molar-refractivity contribution < 1.29 is 9.53 Å². The first-order chi connectivity index (χ1) is 11.9. The average molecular weight is 343 g/mol. The van der Waals surface area contributed by atoms with Crippen LogP contribution in [0, 0.1) is 11.3 Å². The van der Waals surface area contributed by atoms with E-state index in [9.17, 15) is 4.79 Å². The molecule has 2 aromatic heterocycles. The smallest absolute Gasteiger partial charge is 0.288 e. The van der Waals surface area contributed by atoms with E-state index in [1.165, 1.54) is 4.68 Å². The Morgan fingerprint density at radius 1 is 1.36 bits per heavy atom. The third-order valence-corrected chi connectivity index (χ3v) is 4.50. The molecule has 1 aliphatic rings. The number of nitrogens with zero attached hydrogens (tertiary/aromatic N) is 4. The summed E-state index contributed by atoms with van der Waals surface area (Å²) in [5.41, 5.74) is 0.896. The SMILES string of the molecule is Cn1nc(-c2ccncc2)nc1C(=O)NC[C@H]1CCO[C@@H]1C(C)(C)C. The number of hydrogen-bond donors (Lipinski definition) is 1. The molecule has 1 N–H and O–H groups in total. The summed E-state index contributed by atoms with van der Waals surface area (Å²) in [6.07, 6.45) is 4.47. The minimum atomic E-state index is -0.213. The molecule has 0 saturated carbocycles. The summed E-state index contributed by atoms with van der Waals surface area (Å²) in [5.74, 6) is 0.927. The lowest BCUT2D eigenvalue weighted by atomic mass is 9.81. The summed E-state index contributed by atoms with van der Waals surface area (Å²) in [6, 6.07) is 3.64. The molecule has 1 aliphatic heterocycles. The van der Waals surface area contributed by atoms with Crippen LogP contribution in [0.5, 0.6) is 0 Å². The zero-order valence-corrected chi connectivity index (χ0v) is 15.2. The molecule has 0 bridgehead atoms. The van der Waals surface area contributed by atoms with Crippen molar-refractivity contribution >= 4 is 5.91 Å². The Balaban J connectivity index is 1.67. The molecule has 3 rings (SSSR count). The van der Waals surface area contributed by atoms with Gasteiger partial charge in [-0.1, -0.05) is 20.8 Å². The van der Waals surface area contributed by atoms with E-state index in [0.29, 0.717) is 24.1 Å². The van der Waals surface area contributed by atoms with Gasteiger partial charge >= 0.3 is 0 Å². The molecule has 2 aromatic rings. The first-order valence-corrected chi connectivity index (χ1v) is 8.57. The minimum absolute atomic E-state index is 0.0607. The molecule has 0 unspecified atom stereocenters. The maximum absolute atomic E-state index is 12.5. The quantitative estimate of drug-likeness (QED) is 0.919. The molecule has 0 spiro atoms. The van der Waals surface area contributed by atoms with Gasteiger partial charge in [-0.05, 0) is 24.0 Å². The van der Waals surface area contributed by atoms with Crippen LogP contribution in [0.25, 0.3) is 11.4 Å². The third kappa shape index (κ3) is 3.87. The summed E-state index contributed by atoms with van der Waals surface area (Å²) in [6.45, 7) is 7.83. The molecular weight excluding hydrogens is 318 g/mol. The van der Waals surface area contributed by atoms with Crippen molar-refractivity contribution in [1.29, 1.82) is 0 Å². The van der Waals surface area contributed by atoms with Crippen molar-refractivity contribution in [3.05, 3.63) is 30.4 Å². The molecule has 1 amide bonds. The fourth-order valence-corrected chi connectivity index (χ4v) is 3.31. The van der Waals surface area contributed by atoms with E-state index < -0.39 is 0 Å². The Morgan fingerprint density at radius 2 is 2.08 bits per heavy atom. The molecule has 25 heavy (non-hydrogen) atoms. The lowest BCUT2D eigenvalue weighted by Gasteiger charge is -2.31. The molecule has 3 heterocycles. The van der Waals surface area contributed by atoms with E-state index in [0.717, 1.165) is 18.6 Å². The van der Waals surface area contributed by atoms with Gasteiger partial charge in [-0.3, -0.25) is 9.78 Å². The first-order valence-electron chi connectivity index (χ1n) is 8.57. The third-order valence-electron chi connectivity index (χ3n) is 4.50. The molecule has 0 aromatic carbocycles. The van der Waals surface area contributed by atoms with Crippen molar-refractivity contribution in [2.75, 3.05) is 13.2 Å². The second kappa shape index (κ2) is 6.92. The second-order valence-electron chi connectivity index (χ2n) is 7.53. The number of rotatable bonds is 4. The molecule has 0 aliphatic carbocycles. The lowest BCUT2D eigenvalue weighted by molar-refractivity contribution is 0.00734. The lowest BCUT2D eigenvalue weighted by Crippen LogP contribution is -2.39. The number of carbonyl (C=O) groups is 1.